The molecule has 4 heteroatoms. The van der Waals surface area contributed by atoms with Gasteiger partial charge in [0, 0.05) is 24.1 Å². The molecule has 1 N–H and O–H groups in total. The van der Waals surface area contributed by atoms with E-state index in [4.69, 9.17) is 0 Å². The molecule has 0 fully saturated rings. The van der Waals surface area contributed by atoms with E-state index < -0.39 is 0 Å². The highest BCUT2D eigenvalue weighted by Gasteiger charge is 2.12. The normalized spacial score (nSPS) is 11.1. The van der Waals surface area contributed by atoms with Crippen molar-refractivity contribution in [2.45, 2.75) is 0 Å². The highest BCUT2D eigenvalue weighted by molar-refractivity contribution is 6.06. The highest BCUT2D eigenvalue weighted by atomic mass is 16.1. The Hall–Kier alpha value is -1.81. The Labute approximate surface area is 101 Å². The molecule has 0 atom stereocenters. The number of aryl methyl sites for hydroxylation is 1. The van der Waals surface area contributed by atoms with Gasteiger partial charge in [-0.3, -0.25) is 9.69 Å². The zero-order chi connectivity index (χ0) is 12.4. The van der Waals surface area contributed by atoms with Gasteiger partial charge in [-0.1, -0.05) is 18.2 Å². The van der Waals surface area contributed by atoms with Crippen molar-refractivity contribution >= 4 is 16.8 Å². The first-order valence-electron chi connectivity index (χ1n) is 5.56. The summed E-state index contributed by atoms with van der Waals surface area (Å²) in [7, 11) is 5.79. The summed E-state index contributed by atoms with van der Waals surface area (Å²) in [5.41, 5.74) is 1.80. The quantitative estimate of drug-likeness (QED) is 0.811. The SMILES string of the molecule is CN(C)CNC(=O)c1cn(C)c2ccccc12. The summed E-state index contributed by atoms with van der Waals surface area (Å²) in [4.78, 5) is 13.9. The van der Waals surface area contributed by atoms with Gasteiger partial charge in [-0.15, -0.1) is 0 Å². The van der Waals surface area contributed by atoms with Crippen molar-refractivity contribution < 1.29 is 4.79 Å². The van der Waals surface area contributed by atoms with Crippen LogP contribution in [-0.2, 0) is 7.05 Å². The number of carbonyl (C=O) groups excluding carboxylic acids is 1. The van der Waals surface area contributed by atoms with E-state index in [1.54, 1.807) is 0 Å². The number of nitrogens with zero attached hydrogens (tertiary/aromatic N) is 2. The van der Waals surface area contributed by atoms with Crippen molar-refractivity contribution in [2.24, 2.45) is 7.05 Å². The molecule has 2 aromatic rings. The summed E-state index contributed by atoms with van der Waals surface area (Å²) < 4.78 is 1.97. The fourth-order valence-electron chi connectivity index (χ4n) is 1.85. The lowest BCUT2D eigenvalue weighted by Gasteiger charge is -2.10. The summed E-state index contributed by atoms with van der Waals surface area (Å²) in [6.45, 7) is 0.544. The van der Waals surface area contributed by atoms with Gasteiger partial charge in [0.1, 0.15) is 0 Å². The third-order valence-corrected chi connectivity index (χ3v) is 2.70. The van der Waals surface area contributed by atoms with Crippen LogP contribution in [0.2, 0.25) is 0 Å². The molecule has 0 aliphatic carbocycles. The van der Waals surface area contributed by atoms with Crippen molar-refractivity contribution in [1.82, 2.24) is 14.8 Å². The third-order valence-electron chi connectivity index (χ3n) is 2.70. The van der Waals surface area contributed by atoms with Crippen molar-refractivity contribution in [1.29, 1.82) is 0 Å². The Morgan fingerprint density at radius 3 is 2.76 bits per heavy atom. The largest absolute Gasteiger partial charge is 0.350 e. The lowest BCUT2D eigenvalue weighted by molar-refractivity contribution is 0.0937. The third kappa shape index (κ3) is 2.31. The van der Waals surface area contributed by atoms with Gasteiger partial charge >= 0.3 is 0 Å². The maximum Gasteiger partial charge on any atom is 0.254 e. The smallest absolute Gasteiger partial charge is 0.254 e. The van der Waals surface area contributed by atoms with E-state index in [0.717, 1.165) is 16.5 Å². The number of carbonyl (C=O) groups is 1. The monoisotopic (exact) mass is 231 g/mol. The number of rotatable bonds is 3. The van der Waals surface area contributed by atoms with Gasteiger partial charge in [0.15, 0.2) is 0 Å². The fraction of sp³-hybridized carbons (Fsp3) is 0.308. The van der Waals surface area contributed by atoms with E-state index in [0.29, 0.717) is 6.67 Å². The molecule has 17 heavy (non-hydrogen) atoms. The summed E-state index contributed by atoms with van der Waals surface area (Å²) in [6, 6.07) is 7.91. The van der Waals surface area contributed by atoms with E-state index in [1.165, 1.54) is 0 Å². The number of hydrogen-bond donors (Lipinski definition) is 1. The van der Waals surface area contributed by atoms with Crippen molar-refractivity contribution in [3.05, 3.63) is 36.0 Å². The van der Waals surface area contributed by atoms with Crippen LogP contribution in [0.15, 0.2) is 30.5 Å². The molecular formula is C13H17N3O. The summed E-state index contributed by atoms with van der Waals surface area (Å²) >= 11 is 0. The minimum Gasteiger partial charge on any atom is -0.350 e. The predicted octanol–water partition coefficient (Wildman–Crippen LogP) is 1.43. The Morgan fingerprint density at radius 1 is 1.35 bits per heavy atom. The summed E-state index contributed by atoms with van der Waals surface area (Å²) in [6.07, 6.45) is 1.87. The van der Waals surface area contributed by atoms with Gasteiger partial charge in [0.05, 0.1) is 12.2 Å². The molecule has 0 saturated heterocycles. The molecule has 4 nitrogen and oxygen atoms in total. The molecule has 90 valence electrons. The van der Waals surface area contributed by atoms with Crippen LogP contribution in [0, 0.1) is 0 Å². The number of hydrogen-bond acceptors (Lipinski definition) is 2. The first kappa shape index (κ1) is 11.7. The molecular weight excluding hydrogens is 214 g/mol. The molecule has 0 spiro atoms. The van der Waals surface area contributed by atoms with Gasteiger partial charge in [-0.05, 0) is 20.2 Å². The second-order valence-corrected chi connectivity index (χ2v) is 4.41. The van der Waals surface area contributed by atoms with Crippen LogP contribution < -0.4 is 5.32 Å². The van der Waals surface area contributed by atoms with Crippen molar-refractivity contribution in [3.8, 4) is 0 Å². The van der Waals surface area contributed by atoms with Crippen LogP contribution in [0.5, 0.6) is 0 Å². The van der Waals surface area contributed by atoms with Gasteiger partial charge < -0.3 is 9.88 Å². The predicted molar refractivity (Wildman–Crippen MR) is 68.9 cm³/mol. The molecule has 0 aliphatic rings. The lowest BCUT2D eigenvalue weighted by Crippen LogP contribution is -2.32. The standard InChI is InChI=1S/C13H17N3O/c1-15(2)9-14-13(17)11-8-16(3)12-7-5-4-6-10(11)12/h4-8H,9H2,1-3H3,(H,14,17). The average Bonchev–Trinajstić information content (AvgIpc) is 2.65. The molecule has 2 rings (SSSR count). The van der Waals surface area contributed by atoms with E-state index in [-0.39, 0.29) is 5.91 Å². The first-order chi connectivity index (χ1) is 8.09. The fourth-order valence-corrected chi connectivity index (χ4v) is 1.85. The molecule has 1 heterocycles. The van der Waals surface area contributed by atoms with Crippen LogP contribution in [0.25, 0.3) is 10.9 Å². The molecule has 1 aromatic carbocycles. The van der Waals surface area contributed by atoms with Gasteiger partial charge in [0.25, 0.3) is 5.91 Å². The van der Waals surface area contributed by atoms with E-state index in [2.05, 4.69) is 5.32 Å². The topological polar surface area (TPSA) is 37.3 Å². The van der Waals surface area contributed by atoms with Gasteiger partial charge in [0.2, 0.25) is 0 Å². The minimum atomic E-state index is -0.0319. The molecule has 0 aliphatic heterocycles. The second kappa shape index (κ2) is 4.59. The van der Waals surface area contributed by atoms with Gasteiger partial charge in [-0.2, -0.15) is 0 Å². The van der Waals surface area contributed by atoms with E-state index in [1.807, 2.05) is 61.1 Å². The summed E-state index contributed by atoms with van der Waals surface area (Å²) in [5, 5.41) is 3.87. The molecule has 1 aromatic heterocycles. The minimum absolute atomic E-state index is 0.0319. The zero-order valence-corrected chi connectivity index (χ0v) is 10.4. The molecule has 0 saturated carbocycles. The van der Waals surface area contributed by atoms with Crippen LogP contribution >= 0.6 is 0 Å². The Kier molecular flexibility index (Phi) is 3.15. The van der Waals surface area contributed by atoms with Gasteiger partial charge in [-0.25, -0.2) is 0 Å². The highest BCUT2D eigenvalue weighted by Crippen LogP contribution is 2.19. The number of amides is 1. The Morgan fingerprint density at radius 2 is 2.06 bits per heavy atom. The number of nitrogens with one attached hydrogen (secondary N) is 1. The number of benzene rings is 1. The number of fused-ring (bicyclic) bond motifs is 1. The number of aromatic nitrogens is 1. The summed E-state index contributed by atoms with van der Waals surface area (Å²) in [5.74, 6) is -0.0319. The zero-order valence-electron chi connectivity index (χ0n) is 10.4. The van der Waals surface area contributed by atoms with Crippen molar-refractivity contribution in [3.63, 3.8) is 0 Å². The van der Waals surface area contributed by atoms with Crippen LogP contribution in [0.3, 0.4) is 0 Å². The number of para-hydroxylation sites is 1. The van der Waals surface area contributed by atoms with E-state index in [9.17, 15) is 4.79 Å². The Balaban J connectivity index is 2.32. The lowest BCUT2D eigenvalue weighted by atomic mass is 10.1. The Bertz CT molecular complexity index is 543. The molecule has 1 amide bonds. The maximum absolute atomic E-state index is 12.0. The van der Waals surface area contributed by atoms with E-state index >= 15 is 0 Å². The molecule has 0 unspecified atom stereocenters. The molecule has 0 bridgehead atoms. The second-order valence-electron chi connectivity index (χ2n) is 4.41. The maximum atomic E-state index is 12.0. The van der Waals surface area contributed by atoms with Crippen molar-refractivity contribution in [2.75, 3.05) is 20.8 Å². The van der Waals surface area contributed by atoms with Crippen LogP contribution in [0.1, 0.15) is 10.4 Å². The average molecular weight is 231 g/mol. The van der Waals surface area contributed by atoms with Crippen LogP contribution in [-0.4, -0.2) is 36.1 Å². The first-order valence-corrected chi connectivity index (χ1v) is 5.56. The molecule has 0 radical (unpaired) electrons. The van der Waals surface area contributed by atoms with Crippen LogP contribution in [0.4, 0.5) is 0 Å².